The van der Waals surface area contributed by atoms with Crippen molar-refractivity contribution in [3.8, 4) is 11.8 Å². The Hall–Kier alpha value is -1.51. The van der Waals surface area contributed by atoms with Crippen molar-refractivity contribution in [2.75, 3.05) is 19.6 Å². The van der Waals surface area contributed by atoms with Gasteiger partial charge in [0.25, 0.3) is 5.91 Å². The molecular weight excluding hydrogens is 737 g/mol. The van der Waals surface area contributed by atoms with Crippen LogP contribution in [0.5, 0.6) is 0 Å². The summed E-state index contributed by atoms with van der Waals surface area (Å²) in [5.41, 5.74) is 2.04. The zero-order valence-electron chi connectivity index (χ0n) is 19.0. The maximum absolute atomic E-state index is 12.4. The number of aryl methyl sites for hydroxylation is 1. The second-order valence-corrected chi connectivity index (χ2v) is 6.70. The van der Waals surface area contributed by atoms with Gasteiger partial charge in [-0.2, -0.15) is 0 Å². The SMILES string of the molecule is CC#Cc1ccc(C)c(C(=O)NCCCCC(C(=O)O)N(CC(=O)O)CC(=O)O)c1.II.O.O.[Ni]. The van der Waals surface area contributed by atoms with E-state index < -0.39 is 37.0 Å². The van der Waals surface area contributed by atoms with E-state index in [0.29, 0.717) is 24.9 Å². The third-order valence-electron chi connectivity index (χ3n) is 4.34. The van der Waals surface area contributed by atoms with Crippen molar-refractivity contribution < 1.29 is 61.9 Å². The molecule has 0 radical (unpaired) electrons. The second-order valence-electron chi connectivity index (χ2n) is 6.70. The molecule has 0 aromatic heterocycles. The first-order valence-corrected chi connectivity index (χ1v) is 15.8. The Balaban J connectivity index is -0.000000935. The fraction of sp³-hybridized carbons (Fsp3) is 0.429. The molecule has 35 heavy (non-hydrogen) atoms. The summed E-state index contributed by atoms with van der Waals surface area (Å²) >= 11 is 4.24. The number of carboxylic acids is 3. The van der Waals surface area contributed by atoms with Crippen LogP contribution >= 0.6 is 37.2 Å². The van der Waals surface area contributed by atoms with Gasteiger partial charge in [-0.1, -0.05) is 12.0 Å². The average molecular weight is 767 g/mol. The summed E-state index contributed by atoms with van der Waals surface area (Å²) in [7, 11) is 0. The maximum atomic E-state index is 12.4. The van der Waals surface area contributed by atoms with E-state index in [1.165, 1.54) is 0 Å². The van der Waals surface area contributed by atoms with Crippen LogP contribution in [0.2, 0.25) is 0 Å². The van der Waals surface area contributed by atoms with Gasteiger partial charge in [0.15, 0.2) is 0 Å². The van der Waals surface area contributed by atoms with Crippen LogP contribution < -0.4 is 5.32 Å². The first-order chi connectivity index (χ1) is 15.1. The van der Waals surface area contributed by atoms with Crippen molar-refractivity contribution in [2.24, 2.45) is 0 Å². The van der Waals surface area contributed by atoms with Crippen LogP contribution in [0.3, 0.4) is 0 Å². The summed E-state index contributed by atoms with van der Waals surface area (Å²) < 4.78 is 0. The van der Waals surface area contributed by atoms with Crippen molar-refractivity contribution >= 4 is 61.0 Å². The summed E-state index contributed by atoms with van der Waals surface area (Å²) in [4.78, 5) is 46.6. The van der Waals surface area contributed by atoms with Crippen LogP contribution in [0.25, 0.3) is 0 Å². The molecule has 0 aliphatic carbocycles. The summed E-state index contributed by atoms with van der Waals surface area (Å²) in [5, 5.41) is 29.9. The fourth-order valence-electron chi connectivity index (χ4n) is 2.93. The number of nitrogens with one attached hydrogen (secondary N) is 1. The summed E-state index contributed by atoms with van der Waals surface area (Å²) in [6.07, 6.45) is 0.886. The fourth-order valence-corrected chi connectivity index (χ4v) is 2.93. The Morgan fingerprint density at radius 3 is 2.03 bits per heavy atom. The molecule has 0 spiro atoms. The molecule has 0 heterocycles. The van der Waals surface area contributed by atoms with Gasteiger partial charge < -0.3 is 31.6 Å². The second kappa shape index (κ2) is 22.9. The molecule has 1 amide bonds. The van der Waals surface area contributed by atoms with Crippen LogP contribution in [0.15, 0.2) is 18.2 Å². The van der Waals surface area contributed by atoms with Gasteiger partial charge in [-0.3, -0.25) is 24.1 Å². The molecule has 1 rings (SSSR count). The largest absolute Gasteiger partial charge is 0.480 e. The van der Waals surface area contributed by atoms with Gasteiger partial charge in [0, 0.05) is 71.4 Å². The number of nitrogens with zero attached hydrogens (tertiary/aromatic N) is 1. The van der Waals surface area contributed by atoms with Crippen LogP contribution in [0, 0.1) is 18.8 Å². The van der Waals surface area contributed by atoms with Crippen LogP contribution in [0.4, 0.5) is 0 Å². The van der Waals surface area contributed by atoms with E-state index in [0.717, 1.165) is 16.0 Å². The Kier molecular flexibility index (Phi) is 26.6. The minimum absolute atomic E-state index is 0. The number of carboxylic acid groups (broad SMARTS) is 3. The minimum Gasteiger partial charge on any atom is -0.480 e. The van der Waals surface area contributed by atoms with Gasteiger partial charge in [-0.05, 0) is 50.8 Å². The minimum atomic E-state index is -1.31. The van der Waals surface area contributed by atoms with E-state index >= 15 is 0 Å². The van der Waals surface area contributed by atoms with Crippen molar-refractivity contribution in [2.45, 2.75) is 39.2 Å². The Labute approximate surface area is 237 Å². The van der Waals surface area contributed by atoms with Crippen molar-refractivity contribution in [3.63, 3.8) is 0 Å². The number of carbonyl (C=O) groups is 4. The predicted octanol–water partition coefficient (Wildman–Crippen LogP) is 1.31. The third-order valence-corrected chi connectivity index (χ3v) is 4.34. The average Bonchev–Trinajstić information content (AvgIpc) is 2.72. The quantitative estimate of drug-likeness (QED) is 0.105. The van der Waals surface area contributed by atoms with E-state index in [1.807, 2.05) is 19.1 Å². The number of benzene rings is 1. The topological polar surface area (TPSA) is 207 Å². The molecule has 1 atom stereocenters. The number of halogens is 2. The molecule has 202 valence electrons. The number of hydrogen-bond acceptors (Lipinski definition) is 5. The monoisotopic (exact) mass is 766 g/mol. The van der Waals surface area contributed by atoms with Gasteiger partial charge in [0.1, 0.15) is 6.04 Å². The standard InChI is InChI=1S/C21H26N2O7.I2.Ni.2H2O/c1-3-6-15-9-8-14(2)16(11-15)20(28)22-10-5-4-7-17(21(29)30)23(12-18(24)25)13-19(26)27;1-2;;;/h8-9,11,17H,4-5,7,10,12-13H2,1-2H3,(H,22,28)(H,24,25)(H,26,27)(H,29,30);;;2*1H2. The molecule has 14 heteroatoms. The molecule has 0 saturated carbocycles. The van der Waals surface area contributed by atoms with Crippen molar-refractivity contribution in [3.05, 3.63) is 34.9 Å². The predicted molar refractivity (Wildman–Crippen MR) is 143 cm³/mol. The Morgan fingerprint density at radius 1 is 1.03 bits per heavy atom. The molecular formula is C21H30I2N2NiO9. The number of rotatable bonds is 12. The van der Waals surface area contributed by atoms with E-state index in [4.69, 9.17) is 10.2 Å². The molecule has 11 nitrogen and oxygen atoms in total. The van der Waals surface area contributed by atoms with Crippen LogP contribution in [-0.4, -0.2) is 80.7 Å². The third kappa shape index (κ3) is 16.7. The molecule has 0 aliphatic rings. The van der Waals surface area contributed by atoms with Gasteiger partial charge >= 0.3 is 17.9 Å². The van der Waals surface area contributed by atoms with E-state index in [1.54, 1.807) is 13.0 Å². The number of unbranched alkanes of at least 4 members (excludes halogenated alkanes) is 1. The molecule has 8 N–H and O–H groups in total. The number of carbonyl (C=O) groups excluding carboxylic acids is 1. The zero-order chi connectivity index (χ0) is 24.7. The smallest absolute Gasteiger partial charge is 0.320 e. The van der Waals surface area contributed by atoms with E-state index in [2.05, 4.69) is 54.4 Å². The van der Waals surface area contributed by atoms with Gasteiger partial charge in [0.05, 0.1) is 13.1 Å². The van der Waals surface area contributed by atoms with Crippen molar-refractivity contribution in [1.29, 1.82) is 0 Å². The van der Waals surface area contributed by atoms with Crippen molar-refractivity contribution in [1.82, 2.24) is 10.2 Å². The number of aliphatic carboxylic acids is 3. The van der Waals surface area contributed by atoms with Crippen LogP contribution in [0.1, 0.15) is 47.7 Å². The normalized spacial score (nSPS) is 9.86. The summed E-state index contributed by atoms with van der Waals surface area (Å²) in [6.45, 7) is 2.45. The van der Waals surface area contributed by atoms with Crippen LogP contribution in [-0.2, 0) is 30.9 Å². The molecule has 0 saturated heterocycles. The van der Waals surface area contributed by atoms with E-state index in [-0.39, 0.29) is 39.8 Å². The summed E-state index contributed by atoms with van der Waals surface area (Å²) in [5.74, 6) is 1.51. The van der Waals surface area contributed by atoms with Gasteiger partial charge in [-0.25, -0.2) is 0 Å². The number of amides is 1. The van der Waals surface area contributed by atoms with Gasteiger partial charge in [0.2, 0.25) is 0 Å². The van der Waals surface area contributed by atoms with E-state index in [9.17, 15) is 24.3 Å². The molecule has 1 unspecified atom stereocenters. The maximum Gasteiger partial charge on any atom is 0.320 e. The number of hydrogen-bond donors (Lipinski definition) is 4. The first-order valence-electron chi connectivity index (χ1n) is 9.52. The molecule has 1 aromatic carbocycles. The van der Waals surface area contributed by atoms with Gasteiger partial charge in [-0.15, -0.1) is 5.92 Å². The molecule has 0 bridgehead atoms. The molecule has 0 fully saturated rings. The molecule has 0 aliphatic heterocycles. The zero-order valence-corrected chi connectivity index (χ0v) is 24.3. The Bertz CT molecular complexity index is 860. The first kappa shape index (κ1) is 40.7. The molecule has 1 aromatic rings. The summed E-state index contributed by atoms with van der Waals surface area (Å²) in [6, 6.07) is 4.11. The Morgan fingerprint density at radius 2 is 1.57 bits per heavy atom.